The molecule has 262 valence electrons. The zero-order valence-electron chi connectivity index (χ0n) is 29.8. The summed E-state index contributed by atoms with van der Waals surface area (Å²) in [6.07, 6.45) is 1.76. The van der Waals surface area contributed by atoms with Crippen LogP contribution in [0.3, 0.4) is 0 Å². The summed E-state index contributed by atoms with van der Waals surface area (Å²) >= 11 is 1.44. The van der Waals surface area contributed by atoms with Crippen LogP contribution in [0.4, 0.5) is 0 Å². The number of carbonyl (C=O) groups excluding carboxylic acids is 1. The van der Waals surface area contributed by atoms with Crippen LogP contribution in [0.5, 0.6) is 0 Å². The molecule has 0 aliphatic carbocycles. The molecule has 0 aliphatic heterocycles. The lowest BCUT2D eigenvalue weighted by Crippen LogP contribution is -2.39. The number of esters is 1. The van der Waals surface area contributed by atoms with Crippen molar-refractivity contribution < 1.29 is 9.53 Å². The second-order valence-electron chi connectivity index (χ2n) is 13.0. The van der Waals surface area contributed by atoms with Crippen molar-refractivity contribution >= 4 is 28.3 Å². The van der Waals surface area contributed by atoms with Gasteiger partial charge in [0.05, 0.1) is 12.6 Å². The monoisotopic (exact) mass is 714 g/mol. The molecule has 0 radical (unpaired) electrons. The van der Waals surface area contributed by atoms with Gasteiger partial charge in [-0.1, -0.05) is 146 Å². The number of aromatic nitrogens is 6. The maximum absolute atomic E-state index is 12.6. The second-order valence-corrected chi connectivity index (χ2v) is 14.2. The Kier molecular flexibility index (Phi) is 9.24. The van der Waals surface area contributed by atoms with E-state index in [1.165, 1.54) is 18.4 Å². The molecular weight excluding hydrogens is 677 g/mol. The van der Waals surface area contributed by atoms with Crippen LogP contribution in [-0.2, 0) is 23.2 Å². The fourth-order valence-corrected chi connectivity index (χ4v) is 8.48. The third kappa shape index (κ3) is 5.93. The normalized spacial score (nSPS) is 11.6. The molecule has 8 nitrogen and oxygen atoms in total. The number of hydrogen-bond donors (Lipinski definition) is 0. The van der Waals surface area contributed by atoms with Crippen LogP contribution in [0.15, 0.2) is 140 Å². The van der Waals surface area contributed by atoms with E-state index in [0.717, 1.165) is 73.5 Å². The number of nitrogens with zero attached hydrogens (tertiary/aromatic N) is 6. The van der Waals surface area contributed by atoms with Crippen LogP contribution in [-0.4, -0.2) is 42.8 Å². The van der Waals surface area contributed by atoms with Crippen LogP contribution in [0, 0.1) is 6.92 Å². The van der Waals surface area contributed by atoms with Gasteiger partial charge in [-0.3, -0.25) is 0 Å². The van der Waals surface area contributed by atoms with E-state index >= 15 is 0 Å². The van der Waals surface area contributed by atoms with Crippen molar-refractivity contribution in [2.24, 2.45) is 0 Å². The van der Waals surface area contributed by atoms with E-state index in [1.807, 2.05) is 35.9 Å². The van der Waals surface area contributed by atoms with Gasteiger partial charge in [-0.25, -0.2) is 14.5 Å². The molecule has 0 N–H and O–H groups in total. The third-order valence-corrected chi connectivity index (χ3v) is 10.9. The Hall–Kier alpha value is -6.19. The minimum absolute atomic E-state index is 0.344. The first-order valence-electron chi connectivity index (χ1n) is 17.8. The van der Waals surface area contributed by atoms with E-state index in [9.17, 15) is 4.79 Å². The zero-order valence-corrected chi connectivity index (χ0v) is 30.6. The Morgan fingerprint density at radius 3 is 1.89 bits per heavy atom. The summed E-state index contributed by atoms with van der Waals surface area (Å²) in [5.41, 5.74) is 8.12. The fourth-order valence-electron chi connectivity index (χ4n) is 7.47. The Morgan fingerprint density at radius 1 is 0.755 bits per heavy atom. The molecule has 0 bridgehead atoms. The molecule has 3 aromatic heterocycles. The van der Waals surface area contributed by atoms with E-state index in [2.05, 4.69) is 132 Å². The van der Waals surface area contributed by atoms with E-state index in [1.54, 1.807) is 0 Å². The highest BCUT2D eigenvalue weighted by molar-refractivity contribution is 7.15. The first kappa shape index (κ1) is 33.9. The van der Waals surface area contributed by atoms with Gasteiger partial charge in [0, 0.05) is 23.4 Å². The van der Waals surface area contributed by atoms with Crippen LogP contribution in [0.25, 0.3) is 33.5 Å². The number of carbonyl (C=O) groups is 1. The van der Waals surface area contributed by atoms with Gasteiger partial charge < -0.3 is 9.30 Å². The minimum atomic E-state index is -0.862. The van der Waals surface area contributed by atoms with Gasteiger partial charge in [-0.2, -0.15) is 0 Å². The van der Waals surface area contributed by atoms with Gasteiger partial charge in [0.15, 0.2) is 5.82 Å². The molecule has 0 saturated heterocycles. The van der Waals surface area contributed by atoms with Crippen molar-refractivity contribution in [1.82, 2.24) is 29.8 Å². The molecule has 5 aromatic carbocycles. The largest absolute Gasteiger partial charge is 0.465 e. The Morgan fingerprint density at radius 2 is 1.32 bits per heavy atom. The van der Waals surface area contributed by atoms with Gasteiger partial charge in [0.1, 0.15) is 21.8 Å². The van der Waals surface area contributed by atoms with Crippen LogP contribution in [0.2, 0.25) is 0 Å². The maximum atomic E-state index is 12.6. The van der Waals surface area contributed by atoms with Crippen LogP contribution < -0.4 is 0 Å². The average molecular weight is 715 g/mol. The molecule has 0 amide bonds. The minimum Gasteiger partial charge on any atom is -0.465 e. The third-order valence-electron chi connectivity index (χ3n) is 9.83. The number of thiophene rings is 1. The Bertz CT molecular complexity index is 2410. The highest BCUT2D eigenvalue weighted by Crippen LogP contribution is 2.43. The number of ether oxygens (including phenoxy) is 1. The summed E-state index contributed by atoms with van der Waals surface area (Å²) in [4.78, 5) is 19.1. The molecule has 8 rings (SSSR count). The van der Waals surface area contributed by atoms with Gasteiger partial charge in [-0.15, -0.1) is 16.4 Å². The average Bonchev–Trinajstić information content (AvgIpc) is 3.93. The van der Waals surface area contributed by atoms with E-state index in [4.69, 9.17) is 20.0 Å². The first-order chi connectivity index (χ1) is 26.0. The quantitative estimate of drug-likeness (QED) is 0.0981. The van der Waals surface area contributed by atoms with E-state index < -0.39 is 5.54 Å². The molecule has 53 heavy (non-hydrogen) atoms. The van der Waals surface area contributed by atoms with Crippen molar-refractivity contribution in [2.75, 3.05) is 7.11 Å². The number of benzene rings is 5. The Balaban J connectivity index is 1.23. The van der Waals surface area contributed by atoms with Crippen molar-refractivity contribution in [3.8, 4) is 22.5 Å². The summed E-state index contributed by atoms with van der Waals surface area (Å²) in [6, 6.07) is 48.3. The van der Waals surface area contributed by atoms with Gasteiger partial charge >= 0.3 is 5.97 Å². The van der Waals surface area contributed by atoms with Crippen molar-refractivity contribution in [3.63, 3.8) is 0 Å². The van der Waals surface area contributed by atoms with E-state index in [0.29, 0.717) is 17.2 Å². The summed E-state index contributed by atoms with van der Waals surface area (Å²) in [5, 5.41) is 13.8. The number of hydrogen-bond acceptors (Lipinski definition) is 7. The smallest absolute Gasteiger partial charge is 0.350 e. The molecule has 8 aromatic rings. The number of rotatable bonds is 11. The summed E-state index contributed by atoms with van der Waals surface area (Å²) in [6.45, 7) is 4.83. The number of imidazole rings is 1. The fraction of sp³-hybridized carbons (Fsp3) is 0.159. The molecule has 9 heteroatoms. The summed E-state index contributed by atoms with van der Waals surface area (Å²) in [5.74, 6) is 1.28. The SMILES string of the molecule is CCCc1nc2c(C(=O)OC)sc(C)c2n1Cc1ccc(-c2ccccc2-c2nnnn2C(c2ccccc2)(c2ccccc2)c2ccccc2)cc1. The zero-order chi connectivity index (χ0) is 36.4. The molecule has 0 atom stereocenters. The predicted octanol–water partition coefficient (Wildman–Crippen LogP) is 9.35. The highest BCUT2D eigenvalue weighted by atomic mass is 32.1. The van der Waals surface area contributed by atoms with Crippen molar-refractivity contribution in [1.29, 1.82) is 0 Å². The maximum Gasteiger partial charge on any atom is 0.350 e. The second kappa shape index (κ2) is 14.4. The van der Waals surface area contributed by atoms with Gasteiger partial charge in [-0.05, 0) is 57.2 Å². The number of aryl methyl sites for hydroxylation is 2. The molecule has 0 saturated carbocycles. The van der Waals surface area contributed by atoms with Crippen LogP contribution in [0.1, 0.15) is 56.0 Å². The lowest BCUT2D eigenvalue weighted by atomic mass is 9.77. The molecule has 0 unspecified atom stereocenters. The summed E-state index contributed by atoms with van der Waals surface area (Å²) < 4.78 is 9.31. The lowest BCUT2D eigenvalue weighted by molar-refractivity contribution is 0.0608. The summed E-state index contributed by atoms with van der Waals surface area (Å²) in [7, 11) is 1.42. The van der Waals surface area contributed by atoms with Gasteiger partial charge in [0.2, 0.25) is 0 Å². The van der Waals surface area contributed by atoms with Crippen molar-refractivity contribution in [3.05, 3.63) is 177 Å². The number of tetrazole rings is 1. The number of fused-ring (bicyclic) bond motifs is 1. The van der Waals surface area contributed by atoms with E-state index in [-0.39, 0.29) is 5.97 Å². The standard InChI is InChI=1S/C44H38N6O2S/c1-4-16-38-45-39-40(30(2)53-41(39)43(51)52-3)49(38)29-31-25-27-32(28-26-31)36-23-14-15-24-37(36)42-46-47-48-50(42)44(33-17-8-5-9-18-33,34-19-10-6-11-20-34)35-21-12-7-13-22-35/h5-15,17-28H,4,16,29H2,1-3H3. The first-order valence-corrected chi connectivity index (χ1v) is 18.6. The molecule has 0 aliphatic rings. The number of methoxy groups -OCH3 is 1. The van der Waals surface area contributed by atoms with Crippen LogP contribution >= 0.6 is 11.3 Å². The van der Waals surface area contributed by atoms with Crippen molar-refractivity contribution in [2.45, 2.75) is 38.8 Å². The predicted molar refractivity (Wildman–Crippen MR) is 210 cm³/mol. The molecule has 0 spiro atoms. The molecule has 0 fully saturated rings. The Labute approximate surface area is 312 Å². The highest BCUT2D eigenvalue weighted by Gasteiger charge is 2.42. The molecule has 3 heterocycles. The van der Waals surface area contributed by atoms with Gasteiger partial charge in [0.25, 0.3) is 0 Å². The molecular formula is C44H38N6O2S. The topological polar surface area (TPSA) is 87.7 Å². The lowest BCUT2D eigenvalue weighted by Gasteiger charge is -2.36.